The summed E-state index contributed by atoms with van der Waals surface area (Å²) in [4.78, 5) is 25.9. The molecule has 0 aromatic heterocycles. The van der Waals surface area contributed by atoms with Gasteiger partial charge in [-0.25, -0.2) is 4.79 Å². The van der Waals surface area contributed by atoms with Gasteiger partial charge in [0, 0.05) is 17.8 Å². The van der Waals surface area contributed by atoms with Crippen LogP contribution >= 0.6 is 0 Å². The number of hydrogen-bond donors (Lipinski definition) is 1. The summed E-state index contributed by atoms with van der Waals surface area (Å²) in [5.74, 6) is -0.354. The maximum absolute atomic E-state index is 13.0. The highest BCUT2D eigenvalue weighted by Gasteiger charge is 2.23. The highest BCUT2D eigenvalue weighted by molar-refractivity contribution is 6.06. The van der Waals surface area contributed by atoms with E-state index in [1.54, 1.807) is 42.5 Å². The van der Waals surface area contributed by atoms with Crippen LogP contribution in [0.1, 0.15) is 38.3 Å². The summed E-state index contributed by atoms with van der Waals surface area (Å²) in [6.07, 6.45) is 1.95. The molecule has 5 nitrogen and oxygen atoms in total. The van der Waals surface area contributed by atoms with Crippen LogP contribution in [0.15, 0.2) is 72.8 Å². The number of amides is 1. The van der Waals surface area contributed by atoms with E-state index >= 15 is 0 Å². The second kappa shape index (κ2) is 8.19. The van der Waals surface area contributed by atoms with E-state index < -0.39 is 5.97 Å². The van der Waals surface area contributed by atoms with Crippen molar-refractivity contribution in [3.8, 4) is 5.75 Å². The minimum atomic E-state index is -0.964. The summed E-state index contributed by atoms with van der Waals surface area (Å²) in [6.45, 7) is 0.974. The van der Waals surface area contributed by atoms with Gasteiger partial charge in [-0.15, -0.1) is 0 Å². The highest BCUT2D eigenvalue weighted by atomic mass is 16.5. The molecule has 0 spiro atoms. The fraction of sp³-hybridized carbons (Fsp3) is 0.167. The lowest BCUT2D eigenvalue weighted by molar-refractivity contribution is 0.0696. The number of rotatable bonds is 5. The summed E-state index contributed by atoms with van der Waals surface area (Å²) in [5, 5.41) is 9.07. The van der Waals surface area contributed by atoms with Gasteiger partial charge in [-0.3, -0.25) is 4.79 Å². The van der Waals surface area contributed by atoms with Crippen LogP contribution in [-0.2, 0) is 13.0 Å². The predicted octanol–water partition coefficient (Wildman–Crippen LogP) is 4.56. The minimum Gasteiger partial charge on any atom is -0.489 e. The van der Waals surface area contributed by atoms with E-state index in [-0.39, 0.29) is 18.1 Å². The van der Waals surface area contributed by atoms with Gasteiger partial charge < -0.3 is 14.7 Å². The highest BCUT2D eigenvalue weighted by Crippen LogP contribution is 2.28. The van der Waals surface area contributed by atoms with Gasteiger partial charge in [0.05, 0.1) is 5.56 Å². The molecule has 1 aliphatic heterocycles. The van der Waals surface area contributed by atoms with Gasteiger partial charge in [-0.05, 0) is 66.4 Å². The second-order valence-corrected chi connectivity index (χ2v) is 7.01. The number of carbonyl (C=O) groups excluding carboxylic acids is 1. The summed E-state index contributed by atoms with van der Waals surface area (Å²) in [6, 6.07) is 21.8. The van der Waals surface area contributed by atoms with E-state index in [0.717, 1.165) is 24.1 Å². The van der Waals surface area contributed by atoms with Crippen LogP contribution in [0.3, 0.4) is 0 Å². The Labute approximate surface area is 169 Å². The van der Waals surface area contributed by atoms with E-state index in [9.17, 15) is 9.59 Å². The van der Waals surface area contributed by atoms with Crippen LogP contribution in [0.4, 0.5) is 5.69 Å². The van der Waals surface area contributed by atoms with Crippen molar-refractivity contribution >= 4 is 17.6 Å². The molecule has 0 saturated heterocycles. The van der Waals surface area contributed by atoms with Crippen LogP contribution in [-0.4, -0.2) is 23.5 Å². The molecule has 5 heteroatoms. The number of hydrogen-bond acceptors (Lipinski definition) is 3. The van der Waals surface area contributed by atoms with Crippen LogP contribution in [0.2, 0.25) is 0 Å². The molecule has 0 unspecified atom stereocenters. The fourth-order valence-electron chi connectivity index (χ4n) is 3.55. The van der Waals surface area contributed by atoms with Crippen molar-refractivity contribution in [1.29, 1.82) is 0 Å². The number of aromatic carboxylic acids is 1. The predicted molar refractivity (Wildman–Crippen MR) is 111 cm³/mol. The van der Waals surface area contributed by atoms with Crippen molar-refractivity contribution in [2.45, 2.75) is 19.4 Å². The average Bonchev–Trinajstić information content (AvgIpc) is 2.77. The Morgan fingerprint density at radius 1 is 0.931 bits per heavy atom. The monoisotopic (exact) mass is 387 g/mol. The zero-order valence-electron chi connectivity index (χ0n) is 15.9. The third-order valence-corrected chi connectivity index (χ3v) is 5.04. The number of fused-ring (bicyclic) bond motifs is 1. The van der Waals surface area contributed by atoms with Crippen LogP contribution in [0.25, 0.3) is 0 Å². The number of carboxylic acid groups (broad SMARTS) is 1. The largest absolute Gasteiger partial charge is 0.489 e. The second-order valence-electron chi connectivity index (χ2n) is 7.01. The average molecular weight is 387 g/mol. The first-order chi connectivity index (χ1) is 14.1. The number of ether oxygens (including phenoxy) is 1. The van der Waals surface area contributed by atoms with Gasteiger partial charge in [-0.1, -0.05) is 30.3 Å². The molecule has 0 radical (unpaired) electrons. The zero-order valence-corrected chi connectivity index (χ0v) is 15.9. The Morgan fingerprint density at radius 2 is 1.72 bits per heavy atom. The first-order valence-electron chi connectivity index (χ1n) is 9.57. The Balaban J connectivity index is 1.44. The molecule has 1 amide bonds. The lowest BCUT2D eigenvalue weighted by Gasteiger charge is -2.29. The molecule has 4 rings (SSSR count). The van der Waals surface area contributed by atoms with Gasteiger partial charge >= 0.3 is 5.97 Å². The molecule has 3 aromatic carbocycles. The third-order valence-electron chi connectivity index (χ3n) is 5.04. The molecule has 0 bridgehead atoms. The first-order valence-corrected chi connectivity index (χ1v) is 9.57. The van der Waals surface area contributed by atoms with Crippen molar-refractivity contribution in [2.75, 3.05) is 11.4 Å². The summed E-state index contributed by atoms with van der Waals surface area (Å²) in [5.41, 5.74) is 3.81. The molecule has 1 N–H and O–H groups in total. The smallest absolute Gasteiger partial charge is 0.335 e. The van der Waals surface area contributed by atoms with Gasteiger partial charge in [-0.2, -0.15) is 0 Å². The quantitative estimate of drug-likeness (QED) is 0.697. The molecule has 0 saturated carbocycles. The van der Waals surface area contributed by atoms with Gasteiger partial charge in [0.25, 0.3) is 5.91 Å². The van der Waals surface area contributed by atoms with Crippen molar-refractivity contribution in [3.05, 3.63) is 95.1 Å². The normalized spacial score (nSPS) is 12.9. The van der Waals surface area contributed by atoms with E-state index in [1.807, 2.05) is 29.2 Å². The van der Waals surface area contributed by atoms with Gasteiger partial charge in [0.2, 0.25) is 0 Å². The van der Waals surface area contributed by atoms with Crippen molar-refractivity contribution in [3.63, 3.8) is 0 Å². The number of nitrogens with zero attached hydrogens (tertiary/aromatic N) is 1. The van der Waals surface area contributed by atoms with Crippen LogP contribution in [0.5, 0.6) is 5.75 Å². The minimum absolute atomic E-state index is 0.0159. The summed E-state index contributed by atoms with van der Waals surface area (Å²) in [7, 11) is 0. The van der Waals surface area contributed by atoms with Gasteiger partial charge in [0.1, 0.15) is 12.4 Å². The SMILES string of the molecule is O=C(O)c1cccc(COc2ccc(C(=O)N3CCCc4ccccc43)cc2)c1. The maximum Gasteiger partial charge on any atom is 0.335 e. The molecule has 1 heterocycles. The maximum atomic E-state index is 13.0. The Kier molecular flexibility index (Phi) is 5.29. The Bertz CT molecular complexity index is 1040. The molecule has 0 fully saturated rings. The van der Waals surface area contributed by atoms with Crippen molar-refractivity contribution in [1.82, 2.24) is 0 Å². The number of carboxylic acids is 1. The van der Waals surface area contributed by atoms with Gasteiger partial charge in [0.15, 0.2) is 0 Å². The summed E-state index contributed by atoms with van der Waals surface area (Å²) >= 11 is 0. The molecule has 29 heavy (non-hydrogen) atoms. The van der Waals surface area contributed by atoms with Crippen molar-refractivity contribution < 1.29 is 19.4 Å². The lowest BCUT2D eigenvalue weighted by atomic mass is 10.0. The number of benzene rings is 3. The van der Waals surface area contributed by atoms with E-state index in [0.29, 0.717) is 17.9 Å². The third kappa shape index (κ3) is 4.14. The summed E-state index contributed by atoms with van der Waals surface area (Å²) < 4.78 is 5.75. The lowest BCUT2D eigenvalue weighted by Crippen LogP contribution is -2.35. The first kappa shape index (κ1) is 18.7. The Hall–Kier alpha value is -3.60. The molecule has 0 aliphatic carbocycles. The molecular formula is C24H21NO4. The molecular weight excluding hydrogens is 366 g/mol. The number of anilines is 1. The fourth-order valence-corrected chi connectivity index (χ4v) is 3.55. The van der Waals surface area contributed by atoms with Crippen LogP contribution in [0, 0.1) is 0 Å². The molecule has 0 atom stereocenters. The van der Waals surface area contributed by atoms with Crippen molar-refractivity contribution in [2.24, 2.45) is 0 Å². The number of para-hydroxylation sites is 1. The topological polar surface area (TPSA) is 66.8 Å². The van der Waals surface area contributed by atoms with E-state index in [4.69, 9.17) is 9.84 Å². The number of carbonyl (C=O) groups is 2. The van der Waals surface area contributed by atoms with Crippen LogP contribution < -0.4 is 9.64 Å². The molecule has 146 valence electrons. The molecule has 3 aromatic rings. The van der Waals surface area contributed by atoms with E-state index in [2.05, 4.69) is 6.07 Å². The Morgan fingerprint density at radius 3 is 2.52 bits per heavy atom. The number of aryl methyl sites for hydroxylation is 1. The standard InChI is InChI=1S/C24H21NO4/c26-23(25-14-4-8-18-6-1-2-9-22(18)25)19-10-12-21(13-11-19)29-16-17-5-3-7-20(15-17)24(27)28/h1-3,5-7,9-13,15H,4,8,14,16H2,(H,27,28). The molecule has 1 aliphatic rings. The zero-order chi connectivity index (χ0) is 20.2. The van der Waals surface area contributed by atoms with E-state index in [1.165, 1.54) is 5.56 Å².